The molecule has 1 saturated heterocycles. The molecule has 0 aromatic heterocycles. The molecule has 2 rings (SSSR count). The Bertz CT molecular complexity index is 643. The van der Waals surface area contributed by atoms with Gasteiger partial charge in [-0.1, -0.05) is 0 Å². The Morgan fingerprint density at radius 3 is 1.72 bits per heavy atom. The maximum atomic E-state index is 12.8. The summed E-state index contributed by atoms with van der Waals surface area (Å²) in [6.45, 7) is -0.0964. The van der Waals surface area contributed by atoms with Gasteiger partial charge in [-0.25, -0.2) is 0 Å². The molecular formula is C15H13F6NO3. The van der Waals surface area contributed by atoms with Gasteiger partial charge < -0.3 is 10.0 Å². The van der Waals surface area contributed by atoms with Crippen LogP contribution in [0.2, 0.25) is 0 Å². The highest BCUT2D eigenvalue weighted by atomic mass is 19.4. The van der Waals surface area contributed by atoms with Crippen molar-refractivity contribution in [2.24, 2.45) is 5.92 Å². The number of hydrogen-bond acceptors (Lipinski definition) is 2. The number of carbonyl (C=O) groups excluding carboxylic acids is 1. The first-order valence-electron chi connectivity index (χ1n) is 7.21. The molecular weight excluding hydrogens is 356 g/mol. The minimum atomic E-state index is -5.04. The lowest BCUT2D eigenvalue weighted by Crippen LogP contribution is -2.40. The van der Waals surface area contributed by atoms with Gasteiger partial charge in [-0.15, -0.1) is 0 Å². The zero-order valence-corrected chi connectivity index (χ0v) is 12.6. The molecule has 4 nitrogen and oxygen atoms in total. The second-order valence-electron chi connectivity index (χ2n) is 5.70. The van der Waals surface area contributed by atoms with Crippen LogP contribution in [0.4, 0.5) is 26.3 Å². The summed E-state index contributed by atoms with van der Waals surface area (Å²) in [6.07, 6.45) is -9.89. The van der Waals surface area contributed by atoms with Crippen molar-refractivity contribution in [3.8, 4) is 0 Å². The Hall–Kier alpha value is -2.26. The summed E-state index contributed by atoms with van der Waals surface area (Å²) in [4.78, 5) is 24.2. The van der Waals surface area contributed by atoms with Crippen LogP contribution in [0.5, 0.6) is 0 Å². The van der Waals surface area contributed by atoms with Crippen molar-refractivity contribution in [3.63, 3.8) is 0 Å². The van der Waals surface area contributed by atoms with Crippen LogP contribution < -0.4 is 0 Å². The van der Waals surface area contributed by atoms with E-state index in [2.05, 4.69) is 0 Å². The smallest absolute Gasteiger partial charge is 0.416 e. The zero-order chi connectivity index (χ0) is 19.0. The van der Waals surface area contributed by atoms with Crippen molar-refractivity contribution < 1.29 is 41.0 Å². The van der Waals surface area contributed by atoms with Gasteiger partial charge in [-0.05, 0) is 31.0 Å². The lowest BCUT2D eigenvalue weighted by atomic mass is 9.96. The predicted octanol–water partition coefficient (Wildman–Crippen LogP) is 3.66. The highest BCUT2D eigenvalue weighted by Gasteiger charge is 2.38. The first-order chi connectivity index (χ1) is 11.4. The Morgan fingerprint density at radius 1 is 0.920 bits per heavy atom. The average molecular weight is 369 g/mol. The number of alkyl halides is 6. The Labute approximate surface area is 138 Å². The highest BCUT2D eigenvalue weighted by molar-refractivity contribution is 5.95. The molecule has 1 heterocycles. The van der Waals surface area contributed by atoms with Crippen LogP contribution in [0.1, 0.15) is 34.3 Å². The Morgan fingerprint density at radius 2 is 1.36 bits per heavy atom. The third kappa shape index (κ3) is 4.43. The molecule has 1 amide bonds. The molecule has 0 radical (unpaired) electrons. The Kier molecular flexibility index (Phi) is 5.01. The Balaban J connectivity index is 2.32. The van der Waals surface area contributed by atoms with Crippen LogP contribution >= 0.6 is 0 Å². The number of carboxylic acid groups (broad SMARTS) is 1. The number of carboxylic acids is 1. The van der Waals surface area contributed by atoms with Gasteiger partial charge in [0, 0.05) is 18.7 Å². The van der Waals surface area contributed by atoms with Crippen molar-refractivity contribution in [1.29, 1.82) is 0 Å². The van der Waals surface area contributed by atoms with E-state index < -0.39 is 46.8 Å². The highest BCUT2D eigenvalue weighted by Crippen LogP contribution is 2.36. The summed E-state index contributed by atoms with van der Waals surface area (Å²) in [5.74, 6) is -2.72. The third-order valence-corrected chi connectivity index (χ3v) is 3.97. The summed E-state index contributed by atoms with van der Waals surface area (Å²) in [5.41, 5.74) is -3.85. The van der Waals surface area contributed by atoms with Crippen molar-refractivity contribution in [2.45, 2.75) is 25.2 Å². The van der Waals surface area contributed by atoms with Gasteiger partial charge in [0.25, 0.3) is 5.91 Å². The number of hydrogen-bond donors (Lipinski definition) is 1. The largest absolute Gasteiger partial charge is 0.481 e. The van der Waals surface area contributed by atoms with E-state index >= 15 is 0 Å². The van der Waals surface area contributed by atoms with Gasteiger partial charge in [0.05, 0.1) is 17.0 Å². The number of piperidine rings is 1. The number of nitrogens with zero attached hydrogens (tertiary/aromatic N) is 1. The summed E-state index contributed by atoms with van der Waals surface area (Å²) in [5, 5.41) is 8.88. The van der Waals surface area contributed by atoms with Gasteiger partial charge in [0.2, 0.25) is 0 Å². The number of benzene rings is 1. The molecule has 25 heavy (non-hydrogen) atoms. The number of halogens is 6. The molecule has 0 atom stereocenters. The van der Waals surface area contributed by atoms with Crippen LogP contribution in [0.3, 0.4) is 0 Å². The van der Waals surface area contributed by atoms with E-state index in [0.717, 1.165) is 4.90 Å². The molecule has 10 heteroatoms. The second-order valence-corrected chi connectivity index (χ2v) is 5.70. The van der Waals surface area contributed by atoms with Gasteiger partial charge >= 0.3 is 18.3 Å². The first kappa shape index (κ1) is 19.1. The summed E-state index contributed by atoms with van der Waals surface area (Å²) >= 11 is 0. The number of likely N-dealkylation sites (tertiary alicyclic amines) is 1. The monoisotopic (exact) mass is 369 g/mol. The topological polar surface area (TPSA) is 57.6 Å². The lowest BCUT2D eigenvalue weighted by Gasteiger charge is -2.30. The molecule has 0 spiro atoms. The maximum Gasteiger partial charge on any atom is 0.416 e. The van der Waals surface area contributed by atoms with Gasteiger partial charge in [0.1, 0.15) is 0 Å². The van der Waals surface area contributed by atoms with Crippen LogP contribution in [0, 0.1) is 5.92 Å². The SMILES string of the molecule is O=C(O)C1CCN(C(=O)c2cc(C(F)(F)F)cc(C(F)(F)F)c2)CC1. The molecule has 0 bridgehead atoms. The number of carbonyl (C=O) groups is 2. The van der Waals surface area contributed by atoms with E-state index in [9.17, 15) is 35.9 Å². The fourth-order valence-electron chi connectivity index (χ4n) is 2.59. The molecule has 0 unspecified atom stereocenters. The van der Waals surface area contributed by atoms with Crippen molar-refractivity contribution in [1.82, 2.24) is 4.90 Å². The molecule has 0 aliphatic carbocycles. The van der Waals surface area contributed by atoms with Crippen molar-refractivity contribution >= 4 is 11.9 Å². The van der Waals surface area contributed by atoms with Gasteiger partial charge in [-0.3, -0.25) is 9.59 Å². The summed E-state index contributed by atoms with van der Waals surface area (Å²) in [6, 6.07) is 0.704. The molecule has 1 aliphatic heterocycles. The van der Waals surface area contributed by atoms with E-state index in [1.54, 1.807) is 0 Å². The number of amides is 1. The van der Waals surface area contributed by atoms with Crippen LogP contribution in [0.25, 0.3) is 0 Å². The van der Waals surface area contributed by atoms with Crippen LogP contribution in [-0.4, -0.2) is 35.0 Å². The van der Waals surface area contributed by atoms with Crippen molar-refractivity contribution in [2.75, 3.05) is 13.1 Å². The van der Waals surface area contributed by atoms with E-state index in [-0.39, 0.29) is 32.0 Å². The quantitative estimate of drug-likeness (QED) is 0.810. The number of aliphatic carboxylic acids is 1. The van der Waals surface area contributed by atoms with Crippen LogP contribution in [-0.2, 0) is 17.1 Å². The molecule has 1 aromatic rings. The molecule has 1 aliphatic rings. The fourth-order valence-corrected chi connectivity index (χ4v) is 2.59. The van der Waals surface area contributed by atoms with E-state index in [1.165, 1.54) is 0 Å². The standard InChI is InChI=1S/C15H13F6NO3/c16-14(17,18)10-5-9(6-11(7-10)15(19,20)21)12(23)22-3-1-8(2-4-22)13(24)25/h5-8H,1-4H2,(H,24,25). The van der Waals surface area contributed by atoms with Gasteiger partial charge in [0.15, 0.2) is 0 Å². The van der Waals surface area contributed by atoms with Gasteiger partial charge in [-0.2, -0.15) is 26.3 Å². The normalized spacial score (nSPS) is 16.8. The lowest BCUT2D eigenvalue weighted by molar-refractivity contribution is -0.144. The molecule has 138 valence electrons. The predicted molar refractivity (Wildman–Crippen MR) is 72.7 cm³/mol. The fraction of sp³-hybridized carbons (Fsp3) is 0.467. The maximum absolute atomic E-state index is 12.8. The van der Waals surface area contributed by atoms with E-state index in [0.29, 0.717) is 12.1 Å². The second kappa shape index (κ2) is 6.57. The molecule has 0 saturated carbocycles. The molecule has 1 fully saturated rings. The minimum Gasteiger partial charge on any atom is -0.481 e. The molecule has 1 aromatic carbocycles. The minimum absolute atomic E-state index is 0.0482. The number of rotatable bonds is 2. The van der Waals surface area contributed by atoms with E-state index in [1.807, 2.05) is 0 Å². The summed E-state index contributed by atoms with van der Waals surface area (Å²) < 4.78 is 76.9. The van der Waals surface area contributed by atoms with Crippen LogP contribution in [0.15, 0.2) is 18.2 Å². The summed E-state index contributed by atoms with van der Waals surface area (Å²) in [7, 11) is 0. The van der Waals surface area contributed by atoms with E-state index in [4.69, 9.17) is 5.11 Å². The molecule has 1 N–H and O–H groups in total. The van der Waals surface area contributed by atoms with Crippen molar-refractivity contribution in [3.05, 3.63) is 34.9 Å². The zero-order valence-electron chi connectivity index (χ0n) is 12.6. The average Bonchev–Trinajstić information content (AvgIpc) is 2.52. The first-order valence-corrected chi connectivity index (χ1v) is 7.21. The third-order valence-electron chi connectivity index (χ3n) is 3.97.